The van der Waals surface area contributed by atoms with Gasteiger partial charge in [-0.15, -0.1) is 11.3 Å². The first kappa shape index (κ1) is 17.6. The van der Waals surface area contributed by atoms with E-state index in [2.05, 4.69) is 98.8 Å². The van der Waals surface area contributed by atoms with E-state index in [1.807, 2.05) is 11.3 Å². The quantitative estimate of drug-likeness (QED) is 0.359. The Bertz CT molecular complexity index is 1010. The van der Waals surface area contributed by atoms with Gasteiger partial charge < -0.3 is 4.74 Å². The number of thiophene rings is 1. The molecule has 1 heterocycles. The lowest BCUT2D eigenvalue weighted by molar-refractivity contribution is 0.306. The van der Waals surface area contributed by atoms with Gasteiger partial charge in [-0.2, -0.15) is 0 Å². The third-order valence-corrected chi connectivity index (χ3v) is 5.79. The number of aryl methyl sites for hydroxylation is 2. The number of rotatable bonds is 5. The number of benzene rings is 3. The molecule has 3 aromatic carbocycles. The summed E-state index contributed by atoms with van der Waals surface area (Å²) in [7, 11) is 0. The summed E-state index contributed by atoms with van der Waals surface area (Å²) in [5, 5.41) is 0. The predicted octanol–water partition coefficient (Wildman–Crippen LogP) is 7.28. The molecule has 0 atom stereocenters. The van der Waals surface area contributed by atoms with Gasteiger partial charge in [0.15, 0.2) is 0 Å². The second-order valence-corrected chi connectivity index (χ2v) is 7.91. The van der Waals surface area contributed by atoms with Crippen molar-refractivity contribution in [2.24, 2.45) is 0 Å². The third-order valence-electron chi connectivity index (χ3n) is 4.61. The van der Waals surface area contributed by atoms with E-state index < -0.39 is 0 Å². The molecule has 0 saturated carbocycles. The standard InChI is InChI=1S/C25H22OS/c1-18-3-7-20(8-4-18)17-26-23-13-11-22(12-14-23)25-16-15-24(27-25)21-9-5-19(2)6-10-21/h3-16H,17H2,1-2H3. The van der Waals surface area contributed by atoms with E-state index >= 15 is 0 Å². The van der Waals surface area contributed by atoms with Gasteiger partial charge in [0.25, 0.3) is 0 Å². The molecule has 1 nitrogen and oxygen atoms in total. The average molecular weight is 371 g/mol. The fraction of sp³-hybridized carbons (Fsp3) is 0.120. The molecule has 4 aromatic rings. The number of hydrogen-bond donors (Lipinski definition) is 0. The molecule has 0 saturated heterocycles. The summed E-state index contributed by atoms with van der Waals surface area (Å²) < 4.78 is 5.91. The van der Waals surface area contributed by atoms with E-state index in [9.17, 15) is 0 Å². The second-order valence-electron chi connectivity index (χ2n) is 6.83. The van der Waals surface area contributed by atoms with Crippen molar-refractivity contribution in [3.8, 4) is 26.6 Å². The molecule has 0 bridgehead atoms. The maximum absolute atomic E-state index is 5.91. The van der Waals surface area contributed by atoms with Crippen LogP contribution in [0, 0.1) is 13.8 Å². The normalized spacial score (nSPS) is 10.7. The number of ether oxygens (including phenoxy) is 1. The Morgan fingerprint density at radius 1 is 0.593 bits per heavy atom. The third kappa shape index (κ3) is 4.29. The smallest absolute Gasteiger partial charge is 0.119 e. The summed E-state index contributed by atoms with van der Waals surface area (Å²) in [4.78, 5) is 2.57. The van der Waals surface area contributed by atoms with Crippen molar-refractivity contribution < 1.29 is 4.74 Å². The molecule has 0 unspecified atom stereocenters. The van der Waals surface area contributed by atoms with Crippen molar-refractivity contribution in [2.75, 3.05) is 0 Å². The lowest BCUT2D eigenvalue weighted by Gasteiger charge is -2.07. The van der Waals surface area contributed by atoms with E-state index in [0.29, 0.717) is 6.61 Å². The van der Waals surface area contributed by atoms with Crippen molar-refractivity contribution >= 4 is 11.3 Å². The summed E-state index contributed by atoms with van der Waals surface area (Å²) in [6.45, 7) is 4.81. The lowest BCUT2D eigenvalue weighted by atomic mass is 10.1. The summed E-state index contributed by atoms with van der Waals surface area (Å²) in [5.74, 6) is 0.898. The first-order chi connectivity index (χ1) is 13.2. The Kier molecular flexibility index (Phi) is 5.08. The fourth-order valence-corrected chi connectivity index (χ4v) is 3.95. The van der Waals surface area contributed by atoms with Crippen LogP contribution in [0.5, 0.6) is 5.75 Å². The maximum Gasteiger partial charge on any atom is 0.119 e. The number of hydrogen-bond acceptors (Lipinski definition) is 2. The molecule has 0 aliphatic rings. The second kappa shape index (κ2) is 7.81. The van der Waals surface area contributed by atoms with E-state index in [1.54, 1.807) is 0 Å². The average Bonchev–Trinajstić information content (AvgIpc) is 3.19. The SMILES string of the molecule is Cc1ccc(COc2ccc(-c3ccc(-c4ccc(C)cc4)s3)cc2)cc1. The van der Waals surface area contributed by atoms with Gasteiger partial charge in [-0.25, -0.2) is 0 Å². The van der Waals surface area contributed by atoms with Crippen LogP contribution < -0.4 is 4.74 Å². The van der Waals surface area contributed by atoms with Gasteiger partial charge in [0.2, 0.25) is 0 Å². The zero-order valence-corrected chi connectivity index (χ0v) is 16.4. The minimum Gasteiger partial charge on any atom is -0.489 e. The molecule has 27 heavy (non-hydrogen) atoms. The highest BCUT2D eigenvalue weighted by Crippen LogP contribution is 2.35. The van der Waals surface area contributed by atoms with E-state index in [4.69, 9.17) is 4.74 Å². The van der Waals surface area contributed by atoms with Crippen LogP contribution >= 0.6 is 11.3 Å². The maximum atomic E-state index is 5.91. The summed E-state index contributed by atoms with van der Waals surface area (Å²) in [6, 6.07) is 29.9. The molecule has 1 aromatic heterocycles. The molecule has 0 aliphatic heterocycles. The Morgan fingerprint density at radius 2 is 1.07 bits per heavy atom. The van der Waals surface area contributed by atoms with Gasteiger partial charge >= 0.3 is 0 Å². The van der Waals surface area contributed by atoms with Crippen molar-refractivity contribution in [3.63, 3.8) is 0 Å². The van der Waals surface area contributed by atoms with E-state index in [0.717, 1.165) is 5.75 Å². The lowest BCUT2D eigenvalue weighted by Crippen LogP contribution is -1.95. The highest BCUT2D eigenvalue weighted by Gasteiger charge is 2.05. The van der Waals surface area contributed by atoms with Crippen LogP contribution in [0.1, 0.15) is 16.7 Å². The summed E-state index contributed by atoms with van der Waals surface area (Å²) in [5.41, 5.74) is 6.24. The van der Waals surface area contributed by atoms with Gasteiger partial charge in [0.05, 0.1) is 0 Å². The molecule has 0 aliphatic carbocycles. The zero-order chi connectivity index (χ0) is 18.6. The highest BCUT2D eigenvalue weighted by atomic mass is 32.1. The minimum absolute atomic E-state index is 0.593. The fourth-order valence-electron chi connectivity index (χ4n) is 2.93. The van der Waals surface area contributed by atoms with E-state index in [1.165, 1.54) is 37.6 Å². The molecule has 2 heteroatoms. The van der Waals surface area contributed by atoms with Crippen LogP contribution in [-0.2, 0) is 6.61 Å². The van der Waals surface area contributed by atoms with Crippen LogP contribution in [0.15, 0.2) is 84.9 Å². The van der Waals surface area contributed by atoms with Crippen molar-refractivity contribution in [1.29, 1.82) is 0 Å². The summed E-state index contributed by atoms with van der Waals surface area (Å²) >= 11 is 1.82. The minimum atomic E-state index is 0.593. The highest BCUT2D eigenvalue weighted by molar-refractivity contribution is 7.18. The van der Waals surface area contributed by atoms with Crippen molar-refractivity contribution in [3.05, 3.63) is 102 Å². The van der Waals surface area contributed by atoms with Crippen LogP contribution in [0.3, 0.4) is 0 Å². The van der Waals surface area contributed by atoms with Gasteiger partial charge in [-0.3, -0.25) is 0 Å². The predicted molar refractivity (Wildman–Crippen MR) is 115 cm³/mol. The van der Waals surface area contributed by atoms with Crippen LogP contribution in [0.4, 0.5) is 0 Å². The largest absolute Gasteiger partial charge is 0.489 e. The Hall–Kier alpha value is -2.84. The molecule has 0 radical (unpaired) electrons. The zero-order valence-electron chi connectivity index (χ0n) is 15.6. The Labute approximate surface area is 164 Å². The molecule has 0 N–H and O–H groups in total. The van der Waals surface area contributed by atoms with Gasteiger partial charge in [-0.1, -0.05) is 59.7 Å². The molecular formula is C25H22OS. The molecule has 0 spiro atoms. The van der Waals surface area contributed by atoms with Gasteiger partial charge in [0, 0.05) is 9.75 Å². The molecule has 4 rings (SSSR count). The van der Waals surface area contributed by atoms with Crippen LogP contribution in [0.25, 0.3) is 20.9 Å². The molecular weight excluding hydrogens is 348 g/mol. The molecule has 0 amide bonds. The van der Waals surface area contributed by atoms with Gasteiger partial charge in [-0.05, 0) is 66.9 Å². The Balaban J connectivity index is 1.44. The molecule has 134 valence electrons. The van der Waals surface area contributed by atoms with Crippen LogP contribution in [0.2, 0.25) is 0 Å². The topological polar surface area (TPSA) is 9.23 Å². The van der Waals surface area contributed by atoms with Crippen molar-refractivity contribution in [1.82, 2.24) is 0 Å². The van der Waals surface area contributed by atoms with E-state index in [-0.39, 0.29) is 0 Å². The van der Waals surface area contributed by atoms with Crippen molar-refractivity contribution in [2.45, 2.75) is 20.5 Å². The first-order valence-corrected chi connectivity index (χ1v) is 9.95. The van der Waals surface area contributed by atoms with Gasteiger partial charge in [0.1, 0.15) is 12.4 Å². The summed E-state index contributed by atoms with van der Waals surface area (Å²) in [6.07, 6.45) is 0. The first-order valence-electron chi connectivity index (χ1n) is 9.13. The molecule has 0 fully saturated rings. The van der Waals surface area contributed by atoms with Crippen LogP contribution in [-0.4, -0.2) is 0 Å². The Morgan fingerprint density at radius 3 is 1.63 bits per heavy atom. The monoisotopic (exact) mass is 370 g/mol.